The van der Waals surface area contributed by atoms with Gasteiger partial charge >= 0.3 is 5.97 Å². The number of hydrogen-bond donors (Lipinski definition) is 3. The molecule has 0 amide bonds. The minimum absolute atomic E-state index is 0.157. The molecule has 3 aromatic rings. The first-order valence-electron chi connectivity index (χ1n) is 13.5. The predicted molar refractivity (Wildman–Crippen MR) is 149 cm³/mol. The van der Waals surface area contributed by atoms with Crippen LogP contribution in [0.25, 0.3) is 0 Å². The molecule has 4 rings (SSSR count). The van der Waals surface area contributed by atoms with E-state index in [2.05, 4.69) is 37.6 Å². The third kappa shape index (κ3) is 8.88. The first-order chi connectivity index (χ1) is 19.5. The molecule has 0 saturated heterocycles. The minimum atomic E-state index is -1.01. The standard InChI is InChI=1S/C29H34FN7O3/c30-23-7-10-25(11-8-23)40-17-16-37(14-2-1-5-24-9-6-22-4-3-13-32-27(22)35-24)15-12-26(28(38)39)36-29-33-19-21(18-31)20-34-29/h6-11,19-20,26H,1-5,12-17H2,(H,32,35)(H,38,39)(H,33,34,36). The number of carboxylic acid groups (broad SMARTS) is 1. The Kier molecular flexibility index (Phi) is 10.6. The third-order valence-corrected chi connectivity index (χ3v) is 6.72. The zero-order chi connectivity index (χ0) is 28.2. The molecule has 1 aliphatic rings. The zero-order valence-electron chi connectivity index (χ0n) is 22.4. The number of fused-ring (bicyclic) bond motifs is 1. The van der Waals surface area contributed by atoms with Gasteiger partial charge in [0.15, 0.2) is 0 Å². The Morgan fingerprint density at radius 1 is 1.15 bits per heavy atom. The Hall–Kier alpha value is -4.30. The fourth-order valence-electron chi connectivity index (χ4n) is 4.49. The van der Waals surface area contributed by atoms with E-state index in [0.29, 0.717) is 37.4 Å². The van der Waals surface area contributed by atoms with E-state index in [0.717, 1.165) is 56.7 Å². The van der Waals surface area contributed by atoms with Crippen molar-refractivity contribution >= 4 is 17.7 Å². The van der Waals surface area contributed by atoms with Gasteiger partial charge in [-0.2, -0.15) is 5.26 Å². The molecule has 0 fully saturated rings. The molecule has 3 heterocycles. The number of nitrogens with zero attached hydrogens (tertiary/aromatic N) is 5. The van der Waals surface area contributed by atoms with E-state index in [1.165, 1.54) is 30.1 Å². The molecule has 0 radical (unpaired) electrons. The van der Waals surface area contributed by atoms with Crippen molar-refractivity contribution in [3.05, 3.63) is 71.4 Å². The smallest absolute Gasteiger partial charge is 0.326 e. The maximum atomic E-state index is 13.2. The summed E-state index contributed by atoms with van der Waals surface area (Å²) in [6.45, 7) is 3.19. The van der Waals surface area contributed by atoms with Crippen molar-refractivity contribution in [2.75, 3.05) is 43.4 Å². The quantitative estimate of drug-likeness (QED) is 0.240. The van der Waals surface area contributed by atoms with Gasteiger partial charge in [-0.05, 0) is 81.0 Å². The highest BCUT2D eigenvalue weighted by Crippen LogP contribution is 2.20. The second-order valence-corrected chi connectivity index (χ2v) is 9.67. The Morgan fingerprint density at radius 3 is 2.70 bits per heavy atom. The average Bonchev–Trinajstić information content (AvgIpc) is 2.98. The number of hydrogen-bond acceptors (Lipinski definition) is 9. The number of rotatable bonds is 15. The molecule has 0 spiro atoms. The molecule has 0 aliphatic carbocycles. The number of aliphatic carboxylic acids is 1. The number of pyridine rings is 1. The summed E-state index contributed by atoms with van der Waals surface area (Å²) in [6, 6.07) is 11.2. The summed E-state index contributed by atoms with van der Waals surface area (Å²) in [7, 11) is 0. The molecule has 11 heteroatoms. The lowest BCUT2D eigenvalue weighted by Crippen LogP contribution is -2.37. The summed E-state index contributed by atoms with van der Waals surface area (Å²) < 4.78 is 19.0. The SMILES string of the molecule is N#Cc1cnc(NC(CCN(CCCCc2ccc3c(n2)NCCC3)CCOc2ccc(F)cc2)C(=O)O)nc1. The van der Waals surface area contributed by atoms with Crippen molar-refractivity contribution in [1.29, 1.82) is 5.26 Å². The second kappa shape index (κ2) is 14.7. The largest absolute Gasteiger partial charge is 0.492 e. The number of benzene rings is 1. The van der Waals surface area contributed by atoms with E-state index < -0.39 is 12.0 Å². The van der Waals surface area contributed by atoms with E-state index in [1.54, 1.807) is 12.1 Å². The van der Waals surface area contributed by atoms with Crippen molar-refractivity contribution < 1.29 is 19.0 Å². The summed E-state index contributed by atoms with van der Waals surface area (Å²) in [5, 5.41) is 24.9. The van der Waals surface area contributed by atoms with Crippen LogP contribution in [-0.2, 0) is 17.6 Å². The molecule has 0 saturated carbocycles. The number of ether oxygens (including phenoxy) is 1. The van der Waals surface area contributed by atoms with Gasteiger partial charge in [0.1, 0.15) is 36.1 Å². The number of halogens is 1. The summed E-state index contributed by atoms with van der Waals surface area (Å²) in [4.78, 5) is 26.9. The van der Waals surface area contributed by atoms with Gasteiger partial charge in [0, 0.05) is 25.3 Å². The van der Waals surface area contributed by atoms with Crippen LogP contribution in [0.15, 0.2) is 48.8 Å². The highest BCUT2D eigenvalue weighted by atomic mass is 19.1. The van der Waals surface area contributed by atoms with Crippen LogP contribution < -0.4 is 15.4 Å². The molecular weight excluding hydrogens is 513 g/mol. The van der Waals surface area contributed by atoms with Crippen molar-refractivity contribution in [3.8, 4) is 11.8 Å². The number of aryl methyl sites for hydroxylation is 2. The molecule has 1 aromatic carbocycles. The fraction of sp³-hybridized carbons (Fsp3) is 0.414. The highest BCUT2D eigenvalue weighted by Gasteiger charge is 2.20. The van der Waals surface area contributed by atoms with Crippen LogP contribution in [0, 0.1) is 17.1 Å². The summed E-state index contributed by atoms with van der Waals surface area (Å²) >= 11 is 0. The molecule has 40 heavy (non-hydrogen) atoms. The van der Waals surface area contributed by atoms with Crippen LogP contribution in [0.3, 0.4) is 0 Å². The van der Waals surface area contributed by atoms with E-state index in [9.17, 15) is 14.3 Å². The normalized spacial score (nSPS) is 13.1. The van der Waals surface area contributed by atoms with Gasteiger partial charge in [0.05, 0.1) is 18.0 Å². The van der Waals surface area contributed by atoms with E-state index in [-0.39, 0.29) is 11.8 Å². The van der Waals surface area contributed by atoms with Crippen LogP contribution in [0.1, 0.15) is 42.5 Å². The monoisotopic (exact) mass is 547 g/mol. The Bertz CT molecular complexity index is 1280. The molecule has 1 atom stereocenters. The summed E-state index contributed by atoms with van der Waals surface area (Å²) in [5.41, 5.74) is 2.64. The van der Waals surface area contributed by atoms with Gasteiger partial charge in [-0.1, -0.05) is 6.07 Å². The first-order valence-corrected chi connectivity index (χ1v) is 13.5. The number of carbonyl (C=O) groups is 1. The molecule has 3 N–H and O–H groups in total. The molecular formula is C29H34FN7O3. The number of anilines is 2. The van der Waals surface area contributed by atoms with Gasteiger partial charge in [0.2, 0.25) is 5.95 Å². The van der Waals surface area contributed by atoms with Crippen LogP contribution in [0.4, 0.5) is 16.2 Å². The van der Waals surface area contributed by atoms with E-state index in [4.69, 9.17) is 15.0 Å². The molecule has 2 aromatic heterocycles. The maximum Gasteiger partial charge on any atom is 0.326 e. The maximum absolute atomic E-state index is 13.2. The minimum Gasteiger partial charge on any atom is -0.492 e. The fourth-order valence-corrected chi connectivity index (χ4v) is 4.49. The molecule has 10 nitrogen and oxygen atoms in total. The number of nitrogens with one attached hydrogen (secondary N) is 2. The van der Waals surface area contributed by atoms with Gasteiger partial charge in [-0.25, -0.2) is 24.1 Å². The van der Waals surface area contributed by atoms with Crippen LogP contribution in [-0.4, -0.2) is 69.8 Å². The zero-order valence-corrected chi connectivity index (χ0v) is 22.4. The van der Waals surface area contributed by atoms with Crippen LogP contribution in [0.2, 0.25) is 0 Å². The number of carboxylic acids is 1. The van der Waals surface area contributed by atoms with Gasteiger partial charge in [0.25, 0.3) is 0 Å². The number of aromatic nitrogens is 3. The highest BCUT2D eigenvalue weighted by molar-refractivity contribution is 5.76. The first kappa shape index (κ1) is 28.7. The number of unbranched alkanes of at least 4 members (excludes halogenated alkanes) is 1. The van der Waals surface area contributed by atoms with E-state index >= 15 is 0 Å². The van der Waals surface area contributed by atoms with Gasteiger partial charge < -0.3 is 20.5 Å². The van der Waals surface area contributed by atoms with Crippen LogP contribution >= 0.6 is 0 Å². The van der Waals surface area contributed by atoms with Crippen LogP contribution in [0.5, 0.6) is 5.75 Å². The lowest BCUT2D eigenvalue weighted by Gasteiger charge is -2.24. The van der Waals surface area contributed by atoms with Crippen molar-refractivity contribution in [1.82, 2.24) is 19.9 Å². The Labute approximate surface area is 233 Å². The Balaban J connectivity index is 1.30. The van der Waals surface area contributed by atoms with E-state index in [1.807, 2.05) is 6.07 Å². The van der Waals surface area contributed by atoms with Crippen molar-refractivity contribution in [2.45, 2.75) is 44.6 Å². The second-order valence-electron chi connectivity index (χ2n) is 9.67. The van der Waals surface area contributed by atoms with Crippen molar-refractivity contribution in [3.63, 3.8) is 0 Å². The van der Waals surface area contributed by atoms with Gasteiger partial charge in [-0.3, -0.25) is 4.90 Å². The van der Waals surface area contributed by atoms with Crippen molar-refractivity contribution in [2.24, 2.45) is 0 Å². The molecule has 210 valence electrons. The molecule has 1 unspecified atom stereocenters. The molecule has 1 aliphatic heterocycles. The number of nitriles is 1. The lowest BCUT2D eigenvalue weighted by molar-refractivity contribution is -0.138. The third-order valence-electron chi connectivity index (χ3n) is 6.72. The Morgan fingerprint density at radius 2 is 1.95 bits per heavy atom. The lowest BCUT2D eigenvalue weighted by atomic mass is 10.1. The summed E-state index contributed by atoms with van der Waals surface area (Å²) in [5.74, 6) is 0.405. The van der Waals surface area contributed by atoms with Gasteiger partial charge in [-0.15, -0.1) is 0 Å². The predicted octanol–water partition coefficient (Wildman–Crippen LogP) is 3.90. The molecule has 0 bridgehead atoms. The summed E-state index contributed by atoms with van der Waals surface area (Å²) in [6.07, 6.45) is 7.92. The average molecular weight is 548 g/mol. The topological polar surface area (TPSA) is 136 Å².